The molecule has 0 aromatic carbocycles. The Hall–Kier alpha value is -1.52. The van der Waals surface area contributed by atoms with E-state index in [0.717, 1.165) is 5.52 Å². The van der Waals surface area contributed by atoms with E-state index in [9.17, 15) is 0 Å². The summed E-state index contributed by atoms with van der Waals surface area (Å²) in [6.07, 6.45) is 1.37. The van der Waals surface area contributed by atoms with Crippen LogP contribution in [-0.4, -0.2) is 22.4 Å². The molecule has 0 saturated heterocycles. The van der Waals surface area contributed by atoms with Gasteiger partial charge in [0.15, 0.2) is 5.82 Å². The minimum absolute atomic E-state index is 0.441. The topological polar surface area (TPSA) is 56.2 Å². The van der Waals surface area contributed by atoms with Crippen molar-refractivity contribution in [2.45, 2.75) is 0 Å². The lowest BCUT2D eigenvalue weighted by Crippen LogP contribution is -2.13. The van der Waals surface area contributed by atoms with Crippen molar-refractivity contribution in [3.05, 3.63) is 18.5 Å². The van der Waals surface area contributed by atoms with Crippen LogP contribution in [0.1, 0.15) is 0 Å². The lowest BCUT2D eigenvalue weighted by atomic mass is 10.1. The molecule has 52 valence electrons. The Labute approximate surface area is 64.4 Å². The van der Waals surface area contributed by atoms with Crippen molar-refractivity contribution in [1.82, 2.24) is 14.6 Å². The molecule has 4 nitrogen and oxygen atoms in total. The number of nitrogens with two attached hydrogens (primary N) is 1. The Morgan fingerprint density at radius 3 is 3.00 bits per heavy atom. The number of hydrogen-bond acceptors (Lipinski definition) is 3. The second-order valence-corrected chi connectivity index (χ2v) is 2.20. The fourth-order valence-corrected chi connectivity index (χ4v) is 0.973. The zero-order chi connectivity index (χ0) is 7.84. The molecule has 11 heavy (non-hydrogen) atoms. The van der Waals surface area contributed by atoms with E-state index in [1.165, 1.54) is 6.33 Å². The van der Waals surface area contributed by atoms with Crippen LogP contribution in [0.15, 0.2) is 18.5 Å². The lowest BCUT2D eigenvalue weighted by molar-refractivity contribution is 0.929. The molecule has 2 radical (unpaired) electrons. The number of aromatic nitrogens is 3. The van der Waals surface area contributed by atoms with Gasteiger partial charge in [0, 0.05) is 0 Å². The van der Waals surface area contributed by atoms with Crippen molar-refractivity contribution in [2.24, 2.45) is 0 Å². The fraction of sp³-hybridized carbons (Fsp3) is 0. The molecular weight excluding hydrogens is 139 g/mol. The summed E-state index contributed by atoms with van der Waals surface area (Å²) in [7, 11) is 5.56. The largest absolute Gasteiger partial charge is 0.382 e. The molecule has 0 unspecified atom stereocenters. The molecule has 0 aliphatic heterocycles. The van der Waals surface area contributed by atoms with Gasteiger partial charge in [-0.2, -0.15) is 5.10 Å². The normalized spacial score (nSPS) is 10.5. The van der Waals surface area contributed by atoms with Gasteiger partial charge in [0.25, 0.3) is 0 Å². The molecule has 5 heteroatoms. The van der Waals surface area contributed by atoms with Crippen LogP contribution < -0.4 is 11.3 Å². The van der Waals surface area contributed by atoms with Gasteiger partial charge in [0.1, 0.15) is 19.7 Å². The van der Waals surface area contributed by atoms with Crippen molar-refractivity contribution >= 4 is 24.8 Å². The molecule has 0 saturated carbocycles. The summed E-state index contributed by atoms with van der Waals surface area (Å²) in [6, 6.07) is 3.52. The zero-order valence-corrected chi connectivity index (χ0v) is 5.73. The van der Waals surface area contributed by atoms with Crippen LogP contribution in [0.5, 0.6) is 0 Å². The van der Waals surface area contributed by atoms with Gasteiger partial charge in [0.05, 0.1) is 0 Å². The van der Waals surface area contributed by atoms with Crippen molar-refractivity contribution < 1.29 is 0 Å². The number of rotatable bonds is 0. The molecule has 0 atom stereocenters. The summed E-state index contributed by atoms with van der Waals surface area (Å²) in [5.74, 6) is 0.441. The maximum atomic E-state index is 5.56. The SMILES string of the molecule is [B]c1ccc2c(N)ncnn12. The molecule has 2 heterocycles. The lowest BCUT2D eigenvalue weighted by Gasteiger charge is -1.96. The van der Waals surface area contributed by atoms with Crippen molar-refractivity contribution in [1.29, 1.82) is 0 Å². The summed E-state index contributed by atoms with van der Waals surface area (Å²) in [5, 5.41) is 3.90. The van der Waals surface area contributed by atoms with Crippen molar-refractivity contribution in [3.8, 4) is 0 Å². The summed E-state index contributed by atoms with van der Waals surface area (Å²) in [4.78, 5) is 3.81. The molecular formula is C6H5BN4. The van der Waals surface area contributed by atoms with E-state index in [4.69, 9.17) is 13.6 Å². The highest BCUT2D eigenvalue weighted by Crippen LogP contribution is 2.05. The third-order valence-electron chi connectivity index (χ3n) is 1.51. The number of anilines is 1. The van der Waals surface area contributed by atoms with Gasteiger partial charge in [-0.05, 0) is 17.7 Å². The molecule has 0 bridgehead atoms. The Balaban J connectivity index is 2.94. The average Bonchev–Trinajstić information content (AvgIpc) is 2.35. The van der Waals surface area contributed by atoms with Crippen LogP contribution >= 0.6 is 0 Å². The Morgan fingerprint density at radius 1 is 1.45 bits per heavy atom. The van der Waals surface area contributed by atoms with E-state index >= 15 is 0 Å². The van der Waals surface area contributed by atoms with E-state index in [2.05, 4.69) is 10.1 Å². The third-order valence-corrected chi connectivity index (χ3v) is 1.51. The van der Waals surface area contributed by atoms with E-state index in [-0.39, 0.29) is 0 Å². The smallest absolute Gasteiger partial charge is 0.151 e. The van der Waals surface area contributed by atoms with Crippen LogP contribution in [0.3, 0.4) is 0 Å². The van der Waals surface area contributed by atoms with Gasteiger partial charge in [-0.25, -0.2) is 9.50 Å². The highest BCUT2D eigenvalue weighted by Gasteiger charge is 1.99. The van der Waals surface area contributed by atoms with Gasteiger partial charge in [0.2, 0.25) is 0 Å². The minimum atomic E-state index is 0.441. The van der Waals surface area contributed by atoms with Crippen LogP contribution in [0, 0.1) is 0 Å². The molecule has 2 aromatic heterocycles. The Kier molecular flexibility index (Phi) is 1.12. The predicted octanol–water partition coefficient (Wildman–Crippen LogP) is -0.895. The third kappa shape index (κ3) is 0.773. The van der Waals surface area contributed by atoms with Crippen LogP contribution in [0.4, 0.5) is 5.82 Å². The predicted molar refractivity (Wildman–Crippen MR) is 42.8 cm³/mol. The van der Waals surface area contributed by atoms with Crippen molar-refractivity contribution in [3.63, 3.8) is 0 Å². The summed E-state index contributed by atoms with van der Waals surface area (Å²) >= 11 is 0. The standard InChI is InChI=1S/C6H5BN4/c7-5-2-1-4-6(8)9-3-10-11(4)5/h1-3H,(H2,8,9,10). The van der Waals surface area contributed by atoms with Gasteiger partial charge in [-0.3, -0.25) is 0 Å². The first-order chi connectivity index (χ1) is 5.29. The monoisotopic (exact) mass is 144 g/mol. The first-order valence-electron chi connectivity index (χ1n) is 3.13. The maximum Gasteiger partial charge on any atom is 0.151 e. The second kappa shape index (κ2) is 1.98. The molecule has 0 spiro atoms. The second-order valence-electron chi connectivity index (χ2n) is 2.20. The fourth-order valence-electron chi connectivity index (χ4n) is 0.973. The van der Waals surface area contributed by atoms with E-state index < -0.39 is 0 Å². The van der Waals surface area contributed by atoms with Crippen molar-refractivity contribution in [2.75, 3.05) is 5.73 Å². The number of hydrogen-bond donors (Lipinski definition) is 1. The van der Waals surface area contributed by atoms with Gasteiger partial charge in [-0.15, -0.1) is 0 Å². The minimum Gasteiger partial charge on any atom is -0.382 e. The number of nitrogen functional groups attached to an aromatic ring is 1. The first kappa shape index (κ1) is 6.21. The van der Waals surface area contributed by atoms with Crippen LogP contribution in [0.2, 0.25) is 0 Å². The molecule has 0 fully saturated rings. The first-order valence-corrected chi connectivity index (χ1v) is 3.13. The van der Waals surface area contributed by atoms with E-state index in [1.54, 1.807) is 16.6 Å². The average molecular weight is 144 g/mol. The van der Waals surface area contributed by atoms with E-state index in [1.807, 2.05) is 0 Å². The molecule has 0 aliphatic rings. The van der Waals surface area contributed by atoms with Gasteiger partial charge in [-0.1, -0.05) is 0 Å². The molecule has 0 aliphatic carbocycles. The van der Waals surface area contributed by atoms with Gasteiger partial charge < -0.3 is 5.73 Å². The number of nitrogens with zero attached hydrogens (tertiary/aromatic N) is 3. The highest BCUT2D eigenvalue weighted by atomic mass is 15.2. The Morgan fingerprint density at radius 2 is 2.27 bits per heavy atom. The zero-order valence-electron chi connectivity index (χ0n) is 5.73. The summed E-state index contributed by atoms with van der Waals surface area (Å²) < 4.78 is 1.54. The van der Waals surface area contributed by atoms with Crippen LogP contribution in [0.25, 0.3) is 5.52 Å². The van der Waals surface area contributed by atoms with E-state index in [0.29, 0.717) is 11.4 Å². The summed E-state index contributed by atoms with van der Waals surface area (Å²) in [5.41, 5.74) is 6.85. The quantitative estimate of drug-likeness (QED) is 0.487. The summed E-state index contributed by atoms with van der Waals surface area (Å²) in [6.45, 7) is 0. The van der Waals surface area contributed by atoms with Crippen LogP contribution in [-0.2, 0) is 0 Å². The molecule has 0 amide bonds. The van der Waals surface area contributed by atoms with Gasteiger partial charge >= 0.3 is 0 Å². The Bertz CT molecular complexity index is 394. The molecule has 2 N–H and O–H groups in total. The molecule has 2 rings (SSSR count). The highest BCUT2D eigenvalue weighted by molar-refractivity contribution is 6.31. The maximum absolute atomic E-state index is 5.56. The number of fused-ring (bicyclic) bond motifs is 1. The molecule has 2 aromatic rings.